The van der Waals surface area contributed by atoms with Crippen LogP contribution in [0.1, 0.15) is 27.0 Å². The van der Waals surface area contributed by atoms with Gasteiger partial charge in [0.25, 0.3) is 11.8 Å². The van der Waals surface area contributed by atoms with Crippen LogP contribution in [0.3, 0.4) is 0 Å². The molecule has 0 atom stereocenters. The standard InChI is InChI=1S/C34H30ClN3O2S/c1-24-7-5-10-26(19-24)23-38-30-21-27(13-14-31(30)41-32(34(38)40)20-25-8-3-2-4-9-25)33(39)37-17-15-36(16-18-37)29-12-6-11-28(35)22-29/h2-14,19-22H,15-18,23H2,1H3/b32-20-. The minimum absolute atomic E-state index is 0.0166. The maximum atomic E-state index is 13.9. The van der Waals surface area contributed by atoms with Crippen LogP contribution in [0.2, 0.25) is 5.02 Å². The zero-order valence-electron chi connectivity index (χ0n) is 22.8. The Kier molecular flexibility index (Phi) is 7.86. The van der Waals surface area contributed by atoms with Gasteiger partial charge in [0.2, 0.25) is 0 Å². The Hall–Kier alpha value is -4.00. The second-order valence-corrected chi connectivity index (χ2v) is 11.9. The van der Waals surface area contributed by atoms with E-state index in [9.17, 15) is 9.59 Å². The molecule has 2 aliphatic rings. The van der Waals surface area contributed by atoms with E-state index < -0.39 is 0 Å². The molecule has 0 aromatic heterocycles. The van der Waals surface area contributed by atoms with E-state index in [0.29, 0.717) is 35.1 Å². The summed E-state index contributed by atoms with van der Waals surface area (Å²) in [5.74, 6) is -0.0790. The zero-order chi connectivity index (χ0) is 28.3. The van der Waals surface area contributed by atoms with E-state index in [4.69, 9.17) is 11.6 Å². The number of amides is 2. The van der Waals surface area contributed by atoms with Gasteiger partial charge in [-0.05, 0) is 60.5 Å². The molecule has 0 aliphatic carbocycles. The fourth-order valence-corrected chi connectivity index (χ4v) is 6.54. The largest absolute Gasteiger partial charge is 0.368 e. The maximum Gasteiger partial charge on any atom is 0.265 e. The van der Waals surface area contributed by atoms with Gasteiger partial charge in [0, 0.05) is 47.3 Å². The number of fused-ring (bicyclic) bond motifs is 1. The molecule has 7 heteroatoms. The number of hydrogen-bond acceptors (Lipinski definition) is 4. The van der Waals surface area contributed by atoms with Crippen LogP contribution in [0, 0.1) is 6.92 Å². The number of carbonyl (C=O) groups is 2. The summed E-state index contributed by atoms with van der Waals surface area (Å²) in [4.78, 5) is 35.1. The summed E-state index contributed by atoms with van der Waals surface area (Å²) in [6.45, 7) is 5.18. The Morgan fingerprint density at radius 3 is 2.41 bits per heavy atom. The Bertz CT molecular complexity index is 1630. The van der Waals surface area contributed by atoms with Gasteiger partial charge in [-0.1, -0.05) is 89.6 Å². The van der Waals surface area contributed by atoms with Crippen LogP contribution in [0.5, 0.6) is 0 Å². The summed E-state index contributed by atoms with van der Waals surface area (Å²) in [5.41, 5.74) is 5.60. The molecule has 2 heterocycles. The van der Waals surface area contributed by atoms with E-state index >= 15 is 0 Å². The SMILES string of the molecule is Cc1cccc(CN2C(=O)/C(=C/c3ccccc3)Sc3ccc(C(=O)N4CCN(c5cccc(Cl)c5)CC4)cc32)c1. The second-order valence-electron chi connectivity index (χ2n) is 10.3. The van der Waals surface area contributed by atoms with Gasteiger partial charge in [-0.3, -0.25) is 9.59 Å². The summed E-state index contributed by atoms with van der Waals surface area (Å²) < 4.78 is 0. The number of carbonyl (C=O) groups excluding carboxylic acids is 2. The Morgan fingerprint density at radius 2 is 1.66 bits per heavy atom. The highest BCUT2D eigenvalue weighted by atomic mass is 35.5. The van der Waals surface area contributed by atoms with E-state index in [1.165, 1.54) is 11.8 Å². The number of benzene rings is 4. The number of halogens is 1. The van der Waals surface area contributed by atoms with Gasteiger partial charge < -0.3 is 14.7 Å². The minimum Gasteiger partial charge on any atom is -0.368 e. The summed E-state index contributed by atoms with van der Waals surface area (Å²) in [7, 11) is 0. The molecule has 1 saturated heterocycles. The van der Waals surface area contributed by atoms with Crippen molar-refractivity contribution in [3.63, 3.8) is 0 Å². The molecule has 0 bridgehead atoms. The predicted octanol–water partition coefficient (Wildman–Crippen LogP) is 7.29. The van der Waals surface area contributed by atoms with Crippen molar-refractivity contribution >= 4 is 52.6 Å². The van der Waals surface area contributed by atoms with E-state index in [2.05, 4.69) is 24.0 Å². The first-order chi connectivity index (χ1) is 19.9. The summed E-state index contributed by atoms with van der Waals surface area (Å²) in [6.07, 6.45) is 1.94. The lowest BCUT2D eigenvalue weighted by atomic mass is 10.1. The molecule has 0 unspecified atom stereocenters. The van der Waals surface area contributed by atoms with Crippen LogP contribution < -0.4 is 9.80 Å². The molecule has 6 rings (SSSR count). The molecule has 0 spiro atoms. The summed E-state index contributed by atoms with van der Waals surface area (Å²) >= 11 is 7.65. The van der Waals surface area contributed by atoms with Crippen LogP contribution in [0.4, 0.5) is 11.4 Å². The Morgan fingerprint density at radius 1 is 0.878 bits per heavy atom. The fourth-order valence-electron chi connectivity index (χ4n) is 5.32. The van der Waals surface area contributed by atoms with Crippen LogP contribution in [-0.4, -0.2) is 42.9 Å². The van der Waals surface area contributed by atoms with Crippen molar-refractivity contribution in [1.29, 1.82) is 0 Å². The molecular formula is C34H30ClN3O2S. The van der Waals surface area contributed by atoms with Crippen molar-refractivity contribution in [2.24, 2.45) is 0 Å². The molecule has 0 radical (unpaired) electrons. The van der Waals surface area contributed by atoms with Crippen molar-refractivity contribution in [2.75, 3.05) is 36.0 Å². The molecule has 4 aromatic rings. The maximum absolute atomic E-state index is 13.9. The third-order valence-electron chi connectivity index (χ3n) is 7.43. The van der Waals surface area contributed by atoms with Crippen molar-refractivity contribution in [3.05, 3.63) is 129 Å². The highest BCUT2D eigenvalue weighted by Gasteiger charge is 2.31. The predicted molar refractivity (Wildman–Crippen MR) is 169 cm³/mol. The minimum atomic E-state index is -0.0624. The van der Waals surface area contributed by atoms with Crippen molar-refractivity contribution < 1.29 is 9.59 Å². The average molecular weight is 580 g/mol. The molecule has 5 nitrogen and oxygen atoms in total. The fraction of sp³-hybridized carbons (Fsp3) is 0.176. The first kappa shape index (κ1) is 27.2. The third kappa shape index (κ3) is 6.04. The Balaban J connectivity index is 1.27. The molecule has 4 aromatic carbocycles. The van der Waals surface area contributed by atoms with Crippen LogP contribution >= 0.6 is 23.4 Å². The average Bonchev–Trinajstić information content (AvgIpc) is 2.99. The van der Waals surface area contributed by atoms with Crippen LogP contribution in [0.25, 0.3) is 6.08 Å². The molecule has 41 heavy (non-hydrogen) atoms. The van der Waals surface area contributed by atoms with Crippen molar-refractivity contribution in [2.45, 2.75) is 18.4 Å². The molecule has 2 amide bonds. The molecule has 0 N–H and O–H groups in total. The number of nitrogens with zero attached hydrogens (tertiary/aromatic N) is 3. The topological polar surface area (TPSA) is 43.9 Å². The first-order valence-electron chi connectivity index (χ1n) is 13.7. The van der Waals surface area contributed by atoms with Gasteiger partial charge in [-0.25, -0.2) is 0 Å². The molecule has 206 valence electrons. The van der Waals surface area contributed by atoms with Gasteiger partial charge in [0.05, 0.1) is 17.1 Å². The normalized spacial score (nSPS) is 16.2. The van der Waals surface area contributed by atoms with Gasteiger partial charge in [0.15, 0.2) is 0 Å². The summed E-state index contributed by atoms with van der Waals surface area (Å²) in [6, 6.07) is 31.7. The van der Waals surface area contributed by atoms with E-state index in [-0.39, 0.29) is 11.8 Å². The van der Waals surface area contributed by atoms with Crippen molar-refractivity contribution in [3.8, 4) is 0 Å². The molecule has 1 fully saturated rings. The van der Waals surface area contributed by atoms with Crippen LogP contribution in [-0.2, 0) is 11.3 Å². The van der Waals surface area contributed by atoms with Crippen LogP contribution in [0.15, 0.2) is 107 Å². The molecule has 2 aliphatic heterocycles. The first-order valence-corrected chi connectivity index (χ1v) is 14.9. The number of rotatable bonds is 5. The highest BCUT2D eigenvalue weighted by Crippen LogP contribution is 2.43. The number of aryl methyl sites for hydroxylation is 1. The van der Waals surface area contributed by atoms with Gasteiger partial charge >= 0.3 is 0 Å². The lowest BCUT2D eigenvalue weighted by Gasteiger charge is -2.36. The Labute approximate surface area is 250 Å². The summed E-state index contributed by atoms with van der Waals surface area (Å²) in [5, 5.41) is 0.708. The number of anilines is 2. The number of piperazine rings is 1. The quantitative estimate of drug-likeness (QED) is 0.233. The van der Waals surface area contributed by atoms with Gasteiger partial charge in [-0.15, -0.1) is 0 Å². The van der Waals surface area contributed by atoms with E-state index in [0.717, 1.165) is 46.1 Å². The lowest BCUT2D eigenvalue weighted by molar-refractivity contribution is -0.114. The molecular weight excluding hydrogens is 550 g/mol. The van der Waals surface area contributed by atoms with Gasteiger partial charge in [-0.2, -0.15) is 0 Å². The molecule has 0 saturated carbocycles. The second kappa shape index (κ2) is 11.9. The number of thioether (sulfide) groups is 1. The third-order valence-corrected chi connectivity index (χ3v) is 8.75. The lowest BCUT2D eigenvalue weighted by Crippen LogP contribution is -2.48. The van der Waals surface area contributed by atoms with E-state index in [1.54, 1.807) is 0 Å². The highest BCUT2D eigenvalue weighted by molar-refractivity contribution is 8.04. The van der Waals surface area contributed by atoms with Gasteiger partial charge in [0.1, 0.15) is 0 Å². The number of hydrogen-bond donors (Lipinski definition) is 0. The smallest absolute Gasteiger partial charge is 0.265 e. The van der Waals surface area contributed by atoms with Crippen molar-refractivity contribution in [1.82, 2.24) is 4.90 Å². The monoisotopic (exact) mass is 579 g/mol. The zero-order valence-corrected chi connectivity index (χ0v) is 24.4. The van der Waals surface area contributed by atoms with E-state index in [1.807, 2.05) is 101 Å².